The molecule has 6 heteroatoms. The van der Waals surface area contributed by atoms with E-state index in [1.807, 2.05) is 13.8 Å². The zero-order chi connectivity index (χ0) is 14.5. The van der Waals surface area contributed by atoms with Crippen molar-refractivity contribution in [2.45, 2.75) is 32.2 Å². The Hall–Kier alpha value is -1.27. The Bertz CT molecular complexity index is 394. The molecule has 1 atom stereocenters. The van der Waals surface area contributed by atoms with Gasteiger partial charge in [-0.1, -0.05) is 12.1 Å². The minimum atomic E-state index is -4.33. The van der Waals surface area contributed by atoms with Gasteiger partial charge in [0.1, 0.15) is 12.4 Å². The van der Waals surface area contributed by atoms with E-state index in [4.69, 9.17) is 10.5 Å². The summed E-state index contributed by atoms with van der Waals surface area (Å²) < 4.78 is 45.8. The number of halogens is 3. The fourth-order valence-electron chi connectivity index (χ4n) is 1.49. The third-order valence-corrected chi connectivity index (χ3v) is 2.22. The fourth-order valence-corrected chi connectivity index (χ4v) is 1.49. The second-order valence-corrected chi connectivity index (χ2v) is 4.48. The van der Waals surface area contributed by atoms with E-state index in [2.05, 4.69) is 4.74 Å². The van der Waals surface area contributed by atoms with Crippen LogP contribution in [0.1, 0.15) is 25.5 Å². The summed E-state index contributed by atoms with van der Waals surface area (Å²) in [5.74, 6) is 0.638. The molecule has 0 fully saturated rings. The van der Waals surface area contributed by atoms with E-state index in [0.29, 0.717) is 11.3 Å². The molecule has 2 N–H and O–H groups in total. The summed E-state index contributed by atoms with van der Waals surface area (Å²) in [7, 11) is 0. The summed E-state index contributed by atoms with van der Waals surface area (Å²) in [4.78, 5) is 0. The summed E-state index contributed by atoms with van der Waals surface area (Å²) in [6.07, 6.45) is -4.31. The van der Waals surface area contributed by atoms with Gasteiger partial charge in [-0.15, -0.1) is 0 Å². The van der Waals surface area contributed by atoms with Crippen molar-refractivity contribution in [3.63, 3.8) is 0 Å². The second kappa shape index (κ2) is 6.77. The van der Waals surface area contributed by atoms with Gasteiger partial charge in [-0.2, -0.15) is 13.2 Å². The van der Waals surface area contributed by atoms with Crippen molar-refractivity contribution < 1.29 is 22.6 Å². The molecular weight excluding hydrogens is 259 g/mol. The number of ether oxygens (including phenoxy) is 2. The molecule has 0 saturated heterocycles. The lowest BCUT2D eigenvalue weighted by Gasteiger charge is -2.16. The maximum absolute atomic E-state index is 11.9. The van der Waals surface area contributed by atoms with Crippen LogP contribution >= 0.6 is 0 Å². The molecule has 19 heavy (non-hydrogen) atoms. The lowest BCUT2D eigenvalue weighted by molar-refractivity contribution is -0.174. The Balaban J connectivity index is 2.54. The minimum absolute atomic E-state index is 0.0213. The van der Waals surface area contributed by atoms with Crippen LogP contribution in [0.3, 0.4) is 0 Å². The predicted octanol–water partition coefficient (Wildman–Crippen LogP) is 3.05. The normalized spacial score (nSPS) is 13.6. The quantitative estimate of drug-likeness (QED) is 0.869. The highest BCUT2D eigenvalue weighted by atomic mass is 19.4. The second-order valence-electron chi connectivity index (χ2n) is 4.48. The standard InChI is InChI=1S/C13H18F3NO2/c1-9(2)19-11-5-3-4-10(6-11)12(17)7-18-8-13(14,15)16/h3-6,9,12H,7-8,17H2,1-2H3. The monoisotopic (exact) mass is 277 g/mol. The molecule has 1 aromatic rings. The van der Waals surface area contributed by atoms with Gasteiger partial charge in [0.25, 0.3) is 0 Å². The summed E-state index contributed by atoms with van der Waals surface area (Å²) >= 11 is 0. The first-order chi connectivity index (χ1) is 8.78. The van der Waals surface area contributed by atoms with Crippen LogP contribution in [0.2, 0.25) is 0 Å². The van der Waals surface area contributed by atoms with Crippen molar-refractivity contribution >= 4 is 0 Å². The number of nitrogens with two attached hydrogens (primary N) is 1. The lowest BCUT2D eigenvalue weighted by Crippen LogP contribution is -2.23. The Kier molecular flexibility index (Phi) is 5.62. The van der Waals surface area contributed by atoms with Gasteiger partial charge in [0, 0.05) is 0 Å². The molecule has 0 heterocycles. The number of benzene rings is 1. The van der Waals surface area contributed by atoms with Crippen molar-refractivity contribution in [2.75, 3.05) is 13.2 Å². The van der Waals surface area contributed by atoms with Crippen LogP contribution in [0.5, 0.6) is 5.75 Å². The summed E-state index contributed by atoms with van der Waals surface area (Å²) in [5, 5.41) is 0. The SMILES string of the molecule is CC(C)Oc1cccc(C(N)COCC(F)(F)F)c1. The molecule has 0 aromatic heterocycles. The Morgan fingerprint density at radius 2 is 1.95 bits per heavy atom. The van der Waals surface area contributed by atoms with Gasteiger partial charge in [0.05, 0.1) is 18.8 Å². The van der Waals surface area contributed by atoms with Crippen LogP contribution in [0, 0.1) is 0 Å². The van der Waals surface area contributed by atoms with Gasteiger partial charge >= 0.3 is 6.18 Å². The highest BCUT2D eigenvalue weighted by Crippen LogP contribution is 2.20. The number of alkyl halides is 3. The van der Waals surface area contributed by atoms with Crippen molar-refractivity contribution in [1.82, 2.24) is 0 Å². The van der Waals surface area contributed by atoms with E-state index in [1.54, 1.807) is 24.3 Å². The molecule has 1 rings (SSSR count). The van der Waals surface area contributed by atoms with Gasteiger partial charge in [0.2, 0.25) is 0 Å². The first kappa shape index (κ1) is 15.8. The minimum Gasteiger partial charge on any atom is -0.491 e. The zero-order valence-electron chi connectivity index (χ0n) is 10.9. The molecule has 0 bridgehead atoms. The van der Waals surface area contributed by atoms with E-state index in [-0.39, 0.29) is 12.7 Å². The predicted molar refractivity (Wildman–Crippen MR) is 66.0 cm³/mol. The molecule has 1 aromatic carbocycles. The van der Waals surface area contributed by atoms with Gasteiger partial charge in [-0.25, -0.2) is 0 Å². The molecule has 1 unspecified atom stereocenters. The first-order valence-electron chi connectivity index (χ1n) is 5.94. The van der Waals surface area contributed by atoms with Crippen molar-refractivity contribution in [3.05, 3.63) is 29.8 Å². The van der Waals surface area contributed by atoms with Gasteiger partial charge in [-0.3, -0.25) is 0 Å². The molecule has 0 aliphatic heterocycles. The average Bonchev–Trinajstić information content (AvgIpc) is 2.26. The molecule has 0 aliphatic carbocycles. The van der Waals surface area contributed by atoms with Gasteiger partial charge in [0.15, 0.2) is 0 Å². The van der Waals surface area contributed by atoms with Crippen LogP contribution in [-0.2, 0) is 4.74 Å². The highest BCUT2D eigenvalue weighted by molar-refractivity contribution is 5.30. The van der Waals surface area contributed by atoms with E-state index < -0.39 is 18.8 Å². The fraction of sp³-hybridized carbons (Fsp3) is 0.538. The van der Waals surface area contributed by atoms with Gasteiger partial charge in [-0.05, 0) is 31.5 Å². The largest absolute Gasteiger partial charge is 0.491 e. The Morgan fingerprint density at radius 3 is 2.53 bits per heavy atom. The molecule has 108 valence electrons. The maximum atomic E-state index is 11.9. The van der Waals surface area contributed by atoms with E-state index in [1.165, 1.54) is 0 Å². The lowest BCUT2D eigenvalue weighted by atomic mass is 10.1. The molecule has 0 amide bonds. The molecule has 3 nitrogen and oxygen atoms in total. The number of rotatable bonds is 6. The average molecular weight is 277 g/mol. The van der Waals surface area contributed by atoms with Crippen LogP contribution in [0.25, 0.3) is 0 Å². The number of hydrogen-bond donors (Lipinski definition) is 1. The molecule has 0 aliphatic rings. The topological polar surface area (TPSA) is 44.5 Å². The molecule has 0 spiro atoms. The summed E-state index contributed by atoms with van der Waals surface area (Å²) in [6.45, 7) is 2.30. The van der Waals surface area contributed by atoms with Gasteiger partial charge < -0.3 is 15.2 Å². The van der Waals surface area contributed by atoms with Crippen LogP contribution in [-0.4, -0.2) is 25.5 Å². The van der Waals surface area contributed by atoms with Crippen molar-refractivity contribution in [2.24, 2.45) is 5.73 Å². The summed E-state index contributed by atoms with van der Waals surface area (Å²) in [5.41, 5.74) is 6.46. The third kappa shape index (κ3) is 6.45. The van der Waals surface area contributed by atoms with E-state index in [9.17, 15) is 13.2 Å². The first-order valence-corrected chi connectivity index (χ1v) is 5.94. The third-order valence-electron chi connectivity index (χ3n) is 2.22. The van der Waals surface area contributed by atoms with E-state index in [0.717, 1.165) is 0 Å². The molecule has 0 radical (unpaired) electrons. The molecule has 0 saturated carbocycles. The van der Waals surface area contributed by atoms with Crippen molar-refractivity contribution in [1.29, 1.82) is 0 Å². The van der Waals surface area contributed by atoms with Crippen molar-refractivity contribution in [3.8, 4) is 5.75 Å². The smallest absolute Gasteiger partial charge is 0.411 e. The van der Waals surface area contributed by atoms with E-state index >= 15 is 0 Å². The zero-order valence-corrected chi connectivity index (χ0v) is 10.9. The summed E-state index contributed by atoms with van der Waals surface area (Å²) in [6, 6.07) is 6.35. The number of hydrogen-bond acceptors (Lipinski definition) is 3. The van der Waals surface area contributed by atoms with Crippen LogP contribution in [0.15, 0.2) is 24.3 Å². The van der Waals surface area contributed by atoms with Crippen LogP contribution in [0.4, 0.5) is 13.2 Å². The van der Waals surface area contributed by atoms with Crippen LogP contribution < -0.4 is 10.5 Å². The molecular formula is C13H18F3NO2. The maximum Gasteiger partial charge on any atom is 0.411 e. The Labute approximate surface area is 110 Å². The Morgan fingerprint density at radius 1 is 1.26 bits per heavy atom. The highest BCUT2D eigenvalue weighted by Gasteiger charge is 2.27.